The number of aromatic nitrogens is 1. The maximum absolute atomic E-state index is 11.4. The first-order valence-corrected chi connectivity index (χ1v) is 11.5. The van der Waals surface area contributed by atoms with Gasteiger partial charge in [0.2, 0.25) is 0 Å². The molecule has 0 aliphatic heterocycles. The van der Waals surface area contributed by atoms with Crippen LogP contribution in [0, 0.1) is 13.8 Å². The van der Waals surface area contributed by atoms with E-state index < -0.39 is 5.97 Å². The normalized spacial score (nSPS) is 10.9. The first kappa shape index (κ1) is 23.8. The second kappa shape index (κ2) is 11.1. The smallest absolute Gasteiger partial charge is 0.330 e. The highest BCUT2D eigenvalue weighted by Crippen LogP contribution is 2.31. The van der Waals surface area contributed by atoms with Gasteiger partial charge in [-0.1, -0.05) is 52.3 Å². The van der Waals surface area contributed by atoms with Gasteiger partial charge in [0.05, 0.1) is 17.7 Å². The molecule has 0 unspecified atom stereocenters. The first-order chi connectivity index (χ1) is 15.4. The Kier molecular flexibility index (Phi) is 8.25. The third-order valence-corrected chi connectivity index (χ3v) is 5.94. The molecule has 0 amide bonds. The van der Waals surface area contributed by atoms with Crippen molar-refractivity contribution in [3.63, 3.8) is 0 Å². The van der Waals surface area contributed by atoms with Gasteiger partial charge in [-0.25, -0.2) is 9.78 Å². The summed E-state index contributed by atoms with van der Waals surface area (Å²) in [7, 11) is 1.33. The summed E-state index contributed by atoms with van der Waals surface area (Å²) in [6.45, 7) is 8.54. The zero-order chi connectivity index (χ0) is 23.1. The van der Waals surface area contributed by atoms with Gasteiger partial charge < -0.3 is 14.2 Å². The molecule has 1 aromatic heterocycles. The van der Waals surface area contributed by atoms with Crippen LogP contribution in [0.5, 0.6) is 11.5 Å². The number of carbonyl (C=O) groups excluding carboxylic acids is 1. The van der Waals surface area contributed by atoms with Gasteiger partial charge in [-0.2, -0.15) is 0 Å². The molecule has 7 heteroatoms. The molecule has 2 aromatic carbocycles. The van der Waals surface area contributed by atoms with E-state index in [1.165, 1.54) is 18.7 Å². The molecular weight excluding hydrogens is 490 g/mol. The number of methoxy groups -OCH3 is 1. The molecule has 0 aliphatic carbocycles. The number of nitrogens with zero attached hydrogens (tertiary/aromatic N) is 1. The third kappa shape index (κ3) is 6.55. The lowest BCUT2D eigenvalue weighted by atomic mass is 10.1. The van der Waals surface area contributed by atoms with E-state index in [1.54, 1.807) is 23.5 Å². The Morgan fingerprint density at radius 1 is 1.16 bits per heavy atom. The lowest BCUT2D eigenvalue weighted by Crippen LogP contribution is -2.00. The van der Waals surface area contributed by atoms with E-state index in [0.717, 1.165) is 26.7 Å². The number of carbonyl (C=O) groups is 1. The minimum absolute atomic E-state index is 0.288. The van der Waals surface area contributed by atoms with E-state index in [4.69, 9.17) is 14.5 Å². The molecule has 0 saturated heterocycles. The molecule has 0 fully saturated rings. The number of esters is 1. The average molecular weight is 514 g/mol. The number of hydrogen-bond acceptors (Lipinski definition) is 6. The van der Waals surface area contributed by atoms with Crippen LogP contribution in [0.2, 0.25) is 0 Å². The second-order valence-electron chi connectivity index (χ2n) is 7.04. The summed E-state index contributed by atoms with van der Waals surface area (Å²) in [5.41, 5.74) is 4.00. The largest absolute Gasteiger partial charge is 0.488 e. The summed E-state index contributed by atoms with van der Waals surface area (Å²) >= 11 is 4.92. The Morgan fingerprint density at radius 3 is 2.59 bits per heavy atom. The highest BCUT2D eigenvalue weighted by molar-refractivity contribution is 9.11. The Balaban J connectivity index is 1.76. The zero-order valence-electron chi connectivity index (χ0n) is 18.2. The van der Waals surface area contributed by atoms with Crippen LogP contribution in [0.1, 0.15) is 21.7 Å². The molecule has 1 heterocycles. The lowest BCUT2D eigenvalue weighted by Gasteiger charge is -2.12. The van der Waals surface area contributed by atoms with Crippen molar-refractivity contribution in [2.45, 2.75) is 20.5 Å². The van der Waals surface area contributed by atoms with Crippen LogP contribution in [-0.2, 0) is 16.1 Å². The Bertz CT molecular complexity index is 1140. The fourth-order valence-corrected chi connectivity index (χ4v) is 3.88. The minimum Gasteiger partial charge on any atom is -0.488 e. The van der Waals surface area contributed by atoms with Gasteiger partial charge in [0.25, 0.3) is 0 Å². The standard InChI is InChI=1S/C25H24BrNO4S/c1-16-5-7-20(8-6-16)25-27-18(3)23(32-25)15-30-21-11-9-19(10-12-24(28)29-4)22(13-21)31-14-17(2)26/h5-13H,2,14-15H2,1,3-4H3/b12-10+. The lowest BCUT2D eigenvalue weighted by molar-refractivity contribution is -0.134. The molecule has 166 valence electrons. The summed E-state index contributed by atoms with van der Waals surface area (Å²) in [5, 5.41) is 0.976. The van der Waals surface area contributed by atoms with Crippen molar-refractivity contribution < 1.29 is 19.0 Å². The van der Waals surface area contributed by atoms with E-state index in [0.29, 0.717) is 22.6 Å². The quantitative estimate of drug-likeness (QED) is 0.242. The Morgan fingerprint density at radius 2 is 1.91 bits per heavy atom. The summed E-state index contributed by atoms with van der Waals surface area (Å²) in [6.07, 6.45) is 2.99. The van der Waals surface area contributed by atoms with Crippen LogP contribution in [0.15, 0.2) is 59.6 Å². The van der Waals surface area contributed by atoms with Crippen molar-refractivity contribution in [3.05, 3.63) is 81.3 Å². The molecule has 32 heavy (non-hydrogen) atoms. The molecule has 3 aromatic rings. The van der Waals surface area contributed by atoms with Gasteiger partial charge >= 0.3 is 5.97 Å². The van der Waals surface area contributed by atoms with Crippen LogP contribution in [0.4, 0.5) is 0 Å². The van der Waals surface area contributed by atoms with Gasteiger partial charge in [-0.05, 0) is 32.1 Å². The van der Waals surface area contributed by atoms with E-state index in [9.17, 15) is 4.79 Å². The number of thiazole rings is 1. The van der Waals surface area contributed by atoms with Crippen molar-refractivity contribution in [1.29, 1.82) is 0 Å². The van der Waals surface area contributed by atoms with Crippen molar-refractivity contribution in [2.24, 2.45) is 0 Å². The molecule has 0 aliphatic rings. The molecule has 0 N–H and O–H groups in total. The number of hydrogen-bond donors (Lipinski definition) is 0. The van der Waals surface area contributed by atoms with Gasteiger partial charge in [0, 0.05) is 27.8 Å². The van der Waals surface area contributed by atoms with Crippen LogP contribution in [0.3, 0.4) is 0 Å². The maximum atomic E-state index is 11.4. The average Bonchev–Trinajstić information content (AvgIpc) is 3.15. The van der Waals surface area contributed by atoms with Gasteiger partial charge in [-0.3, -0.25) is 0 Å². The molecular formula is C25H24BrNO4S. The number of halogens is 1. The molecule has 5 nitrogen and oxygen atoms in total. The van der Waals surface area contributed by atoms with Crippen LogP contribution in [-0.4, -0.2) is 24.7 Å². The predicted octanol–water partition coefficient (Wildman–Crippen LogP) is 6.48. The summed E-state index contributed by atoms with van der Waals surface area (Å²) in [4.78, 5) is 17.2. The fourth-order valence-electron chi connectivity index (χ4n) is 2.78. The Hall–Kier alpha value is -2.90. The van der Waals surface area contributed by atoms with Crippen LogP contribution in [0.25, 0.3) is 16.6 Å². The number of benzene rings is 2. The summed E-state index contributed by atoms with van der Waals surface area (Å²) in [6, 6.07) is 13.8. The van der Waals surface area contributed by atoms with Crippen molar-refractivity contribution in [1.82, 2.24) is 4.98 Å². The van der Waals surface area contributed by atoms with Crippen LogP contribution < -0.4 is 9.47 Å². The molecule has 0 atom stereocenters. The Labute approximate surface area is 200 Å². The van der Waals surface area contributed by atoms with E-state index >= 15 is 0 Å². The van der Waals surface area contributed by atoms with Crippen molar-refractivity contribution in [2.75, 3.05) is 13.7 Å². The number of aryl methyl sites for hydroxylation is 2. The van der Waals surface area contributed by atoms with Gasteiger partial charge in [-0.15, -0.1) is 11.3 Å². The van der Waals surface area contributed by atoms with E-state index in [1.807, 2.05) is 19.1 Å². The highest BCUT2D eigenvalue weighted by atomic mass is 79.9. The summed E-state index contributed by atoms with van der Waals surface area (Å²) < 4.78 is 17.2. The van der Waals surface area contributed by atoms with Crippen LogP contribution >= 0.6 is 27.3 Å². The van der Waals surface area contributed by atoms with E-state index in [-0.39, 0.29) is 6.61 Å². The monoisotopic (exact) mass is 513 g/mol. The minimum atomic E-state index is -0.439. The zero-order valence-corrected chi connectivity index (χ0v) is 20.6. The van der Waals surface area contributed by atoms with Gasteiger partial charge in [0.1, 0.15) is 29.7 Å². The first-order valence-electron chi connectivity index (χ1n) is 9.88. The molecule has 0 spiro atoms. The maximum Gasteiger partial charge on any atom is 0.330 e. The SMILES string of the molecule is C=C(Br)COc1cc(OCc2sc(-c3ccc(C)cc3)nc2C)ccc1/C=C/C(=O)OC. The second-order valence-corrected chi connectivity index (χ2v) is 9.25. The van der Waals surface area contributed by atoms with Crippen molar-refractivity contribution in [3.8, 4) is 22.1 Å². The molecule has 3 rings (SSSR count). The topological polar surface area (TPSA) is 57.7 Å². The molecule has 0 radical (unpaired) electrons. The number of ether oxygens (including phenoxy) is 3. The fraction of sp³-hybridized carbons (Fsp3) is 0.200. The van der Waals surface area contributed by atoms with Crippen molar-refractivity contribution >= 4 is 39.3 Å². The predicted molar refractivity (Wildman–Crippen MR) is 132 cm³/mol. The van der Waals surface area contributed by atoms with Gasteiger partial charge in [0.15, 0.2) is 0 Å². The number of rotatable bonds is 9. The third-order valence-electron chi connectivity index (χ3n) is 4.53. The summed E-state index contributed by atoms with van der Waals surface area (Å²) in [5.74, 6) is 0.788. The van der Waals surface area contributed by atoms with E-state index in [2.05, 4.69) is 58.4 Å². The molecule has 0 saturated carbocycles. The highest BCUT2D eigenvalue weighted by Gasteiger charge is 2.11. The molecule has 0 bridgehead atoms.